The molecule has 0 aliphatic heterocycles. The molecule has 2 aromatic heterocycles. The topological polar surface area (TPSA) is 73.0 Å². The largest absolute Gasteiger partial charge is 0.361 e. The van der Waals surface area contributed by atoms with Crippen LogP contribution in [-0.2, 0) is 13.0 Å². The van der Waals surface area contributed by atoms with Crippen LogP contribution < -0.4 is 5.32 Å². The third-order valence-corrected chi connectivity index (χ3v) is 2.89. The lowest BCUT2D eigenvalue weighted by Crippen LogP contribution is -2.36. The molecule has 0 aliphatic rings. The van der Waals surface area contributed by atoms with Gasteiger partial charge in [0.05, 0.1) is 12.2 Å². The van der Waals surface area contributed by atoms with Gasteiger partial charge in [-0.25, -0.2) is 0 Å². The summed E-state index contributed by atoms with van der Waals surface area (Å²) in [7, 11) is 0. The molecule has 0 saturated carbocycles. The lowest BCUT2D eigenvalue weighted by atomic mass is 10.1. The number of amides is 1. The normalized spacial score (nSPS) is 12.4. The molecular formula is C13H18N4O2. The van der Waals surface area contributed by atoms with Crippen LogP contribution in [0.3, 0.4) is 0 Å². The SMILES string of the molecule is CCc1noc(C)c1C(=O)NC(C)Cn1cccn1. The van der Waals surface area contributed by atoms with E-state index in [1.165, 1.54) is 0 Å². The van der Waals surface area contributed by atoms with E-state index >= 15 is 0 Å². The summed E-state index contributed by atoms with van der Waals surface area (Å²) in [6.45, 7) is 6.26. The number of rotatable bonds is 5. The Morgan fingerprint density at radius 3 is 3.00 bits per heavy atom. The van der Waals surface area contributed by atoms with Gasteiger partial charge in [-0.05, 0) is 26.3 Å². The molecule has 6 heteroatoms. The van der Waals surface area contributed by atoms with E-state index in [1.807, 2.05) is 26.1 Å². The first-order valence-electron chi connectivity index (χ1n) is 6.35. The highest BCUT2D eigenvalue weighted by molar-refractivity contribution is 5.96. The summed E-state index contributed by atoms with van der Waals surface area (Å²) in [6.07, 6.45) is 4.26. The van der Waals surface area contributed by atoms with Gasteiger partial charge in [0.1, 0.15) is 11.3 Å². The number of nitrogens with zero attached hydrogens (tertiary/aromatic N) is 3. The average molecular weight is 262 g/mol. The minimum atomic E-state index is -0.143. The summed E-state index contributed by atoms with van der Waals surface area (Å²) in [5.41, 5.74) is 1.25. The van der Waals surface area contributed by atoms with Crippen molar-refractivity contribution in [1.82, 2.24) is 20.3 Å². The Hall–Kier alpha value is -2.11. The van der Waals surface area contributed by atoms with Crippen molar-refractivity contribution >= 4 is 5.91 Å². The van der Waals surface area contributed by atoms with E-state index < -0.39 is 0 Å². The fraction of sp³-hybridized carbons (Fsp3) is 0.462. The zero-order chi connectivity index (χ0) is 13.8. The average Bonchev–Trinajstić information content (AvgIpc) is 2.98. The third-order valence-electron chi connectivity index (χ3n) is 2.89. The second-order valence-electron chi connectivity index (χ2n) is 4.52. The van der Waals surface area contributed by atoms with Crippen LogP contribution in [0, 0.1) is 6.92 Å². The van der Waals surface area contributed by atoms with Crippen molar-refractivity contribution in [2.24, 2.45) is 0 Å². The van der Waals surface area contributed by atoms with Gasteiger partial charge in [-0.2, -0.15) is 5.10 Å². The fourth-order valence-corrected chi connectivity index (χ4v) is 1.98. The summed E-state index contributed by atoms with van der Waals surface area (Å²) in [5.74, 6) is 0.413. The maximum Gasteiger partial charge on any atom is 0.257 e. The van der Waals surface area contributed by atoms with Crippen molar-refractivity contribution in [1.29, 1.82) is 0 Å². The van der Waals surface area contributed by atoms with Crippen LogP contribution in [0.5, 0.6) is 0 Å². The monoisotopic (exact) mass is 262 g/mol. The molecule has 0 bridgehead atoms. The summed E-state index contributed by atoms with van der Waals surface area (Å²) in [6, 6.07) is 1.83. The molecule has 0 aliphatic carbocycles. The molecule has 1 unspecified atom stereocenters. The van der Waals surface area contributed by atoms with Crippen molar-refractivity contribution in [3.63, 3.8) is 0 Å². The molecule has 2 heterocycles. The van der Waals surface area contributed by atoms with Crippen LogP contribution in [0.4, 0.5) is 0 Å². The quantitative estimate of drug-likeness (QED) is 0.887. The second-order valence-corrected chi connectivity index (χ2v) is 4.52. The molecule has 2 rings (SSSR count). The van der Waals surface area contributed by atoms with Crippen LogP contribution in [0.2, 0.25) is 0 Å². The van der Waals surface area contributed by atoms with E-state index in [1.54, 1.807) is 17.8 Å². The van der Waals surface area contributed by atoms with Crippen molar-refractivity contribution in [3.05, 3.63) is 35.5 Å². The predicted octanol–water partition coefficient (Wildman–Crippen LogP) is 1.56. The van der Waals surface area contributed by atoms with Gasteiger partial charge < -0.3 is 9.84 Å². The van der Waals surface area contributed by atoms with Gasteiger partial charge in [-0.3, -0.25) is 9.48 Å². The van der Waals surface area contributed by atoms with Crippen molar-refractivity contribution < 1.29 is 9.32 Å². The number of aryl methyl sites for hydroxylation is 2. The van der Waals surface area contributed by atoms with Crippen molar-refractivity contribution in [3.8, 4) is 0 Å². The van der Waals surface area contributed by atoms with Crippen LogP contribution in [0.15, 0.2) is 23.0 Å². The molecule has 0 radical (unpaired) electrons. The molecule has 1 atom stereocenters. The van der Waals surface area contributed by atoms with Crippen LogP contribution >= 0.6 is 0 Å². The van der Waals surface area contributed by atoms with E-state index in [4.69, 9.17) is 4.52 Å². The number of aromatic nitrogens is 3. The molecule has 19 heavy (non-hydrogen) atoms. The predicted molar refractivity (Wildman–Crippen MR) is 69.8 cm³/mol. The number of nitrogens with one attached hydrogen (secondary N) is 1. The number of hydrogen-bond donors (Lipinski definition) is 1. The number of carbonyl (C=O) groups excluding carboxylic acids is 1. The molecule has 0 spiro atoms. The van der Waals surface area contributed by atoms with Crippen molar-refractivity contribution in [2.45, 2.75) is 39.8 Å². The van der Waals surface area contributed by atoms with Gasteiger partial charge in [0, 0.05) is 18.4 Å². The molecule has 6 nitrogen and oxygen atoms in total. The number of hydrogen-bond acceptors (Lipinski definition) is 4. The molecule has 0 fully saturated rings. The highest BCUT2D eigenvalue weighted by atomic mass is 16.5. The summed E-state index contributed by atoms with van der Waals surface area (Å²) in [5, 5.41) is 10.9. The van der Waals surface area contributed by atoms with Crippen LogP contribution in [0.1, 0.15) is 35.7 Å². The minimum absolute atomic E-state index is 0.0218. The maximum atomic E-state index is 12.2. The van der Waals surface area contributed by atoms with Crippen LogP contribution in [0.25, 0.3) is 0 Å². The zero-order valence-electron chi connectivity index (χ0n) is 11.4. The molecule has 1 N–H and O–H groups in total. The Morgan fingerprint density at radius 2 is 2.37 bits per heavy atom. The maximum absolute atomic E-state index is 12.2. The van der Waals surface area contributed by atoms with E-state index in [0.717, 1.165) is 0 Å². The highest BCUT2D eigenvalue weighted by Gasteiger charge is 2.20. The van der Waals surface area contributed by atoms with Gasteiger partial charge in [-0.1, -0.05) is 12.1 Å². The van der Waals surface area contributed by atoms with E-state index in [2.05, 4.69) is 15.6 Å². The Labute approximate surface area is 111 Å². The summed E-state index contributed by atoms with van der Waals surface area (Å²) < 4.78 is 6.85. The first kappa shape index (κ1) is 13.3. The Bertz CT molecular complexity index is 545. The Balaban J connectivity index is 2.02. The lowest BCUT2D eigenvalue weighted by Gasteiger charge is -2.13. The van der Waals surface area contributed by atoms with Gasteiger partial charge in [0.15, 0.2) is 0 Å². The molecule has 0 aromatic carbocycles. The summed E-state index contributed by atoms with van der Waals surface area (Å²) >= 11 is 0. The fourth-order valence-electron chi connectivity index (χ4n) is 1.98. The van der Waals surface area contributed by atoms with Crippen molar-refractivity contribution in [2.75, 3.05) is 0 Å². The lowest BCUT2D eigenvalue weighted by molar-refractivity contribution is 0.0933. The molecular weight excluding hydrogens is 244 g/mol. The Morgan fingerprint density at radius 1 is 1.58 bits per heavy atom. The molecule has 1 amide bonds. The standard InChI is InChI=1S/C13H18N4O2/c1-4-11-12(10(3)19-16-11)13(18)15-9(2)8-17-7-5-6-14-17/h5-7,9H,4,8H2,1-3H3,(H,15,18). The minimum Gasteiger partial charge on any atom is -0.361 e. The van der Waals surface area contributed by atoms with Gasteiger partial charge in [-0.15, -0.1) is 0 Å². The van der Waals surface area contributed by atoms with Crippen LogP contribution in [-0.4, -0.2) is 26.9 Å². The third kappa shape index (κ3) is 3.01. The smallest absolute Gasteiger partial charge is 0.257 e. The Kier molecular flexibility index (Phi) is 3.99. The molecule has 2 aromatic rings. The summed E-state index contributed by atoms with van der Waals surface area (Å²) in [4.78, 5) is 12.2. The molecule has 0 saturated heterocycles. The van der Waals surface area contributed by atoms with Gasteiger partial charge in [0.25, 0.3) is 5.91 Å². The van der Waals surface area contributed by atoms with E-state index in [0.29, 0.717) is 30.0 Å². The van der Waals surface area contributed by atoms with E-state index in [-0.39, 0.29) is 11.9 Å². The zero-order valence-corrected chi connectivity index (χ0v) is 11.4. The first-order chi connectivity index (χ1) is 9.11. The second kappa shape index (κ2) is 5.69. The van der Waals surface area contributed by atoms with Gasteiger partial charge >= 0.3 is 0 Å². The first-order valence-corrected chi connectivity index (χ1v) is 6.35. The highest BCUT2D eigenvalue weighted by Crippen LogP contribution is 2.13. The van der Waals surface area contributed by atoms with Gasteiger partial charge in [0.2, 0.25) is 0 Å². The number of carbonyl (C=O) groups is 1. The molecule has 102 valence electrons. The van der Waals surface area contributed by atoms with E-state index in [9.17, 15) is 4.79 Å².